The van der Waals surface area contributed by atoms with Crippen molar-refractivity contribution in [3.05, 3.63) is 112 Å². The Morgan fingerprint density at radius 3 is 2.19 bits per heavy atom. The minimum Gasteiger partial charge on any atom is -0.350 e. The first-order chi connectivity index (χ1) is 13.2. The van der Waals surface area contributed by atoms with E-state index < -0.39 is 0 Å². The summed E-state index contributed by atoms with van der Waals surface area (Å²) >= 11 is 1.67. The van der Waals surface area contributed by atoms with Crippen molar-refractivity contribution < 1.29 is 9.18 Å². The molecule has 0 amide bonds. The number of hydrogen-bond donors (Lipinski definition) is 1. The zero-order chi connectivity index (χ0) is 18.6. The van der Waals surface area contributed by atoms with Gasteiger partial charge in [0.15, 0.2) is 5.78 Å². The maximum Gasteiger partial charge on any atom is 0.191 e. The fraction of sp³-hybridized carbons (Fsp3) is 0.0870. The lowest BCUT2D eigenvalue weighted by Crippen LogP contribution is -2.07. The summed E-state index contributed by atoms with van der Waals surface area (Å²) in [6.45, 7) is 0. The second kappa shape index (κ2) is 7.80. The van der Waals surface area contributed by atoms with E-state index in [1.807, 2.05) is 48.5 Å². The molecule has 0 saturated heterocycles. The summed E-state index contributed by atoms with van der Waals surface area (Å²) in [4.78, 5) is 13.1. The number of carbonyl (C=O) groups is 1. The SMILES string of the molecule is O=C(C1=C(Nc2ccccc2)SC(c2ccccc2)C1)c1ccc(F)cc1. The third-order valence-corrected chi connectivity index (χ3v) is 5.81. The number of anilines is 1. The van der Waals surface area contributed by atoms with E-state index in [-0.39, 0.29) is 16.9 Å². The van der Waals surface area contributed by atoms with Crippen molar-refractivity contribution in [2.45, 2.75) is 11.7 Å². The molecule has 1 unspecified atom stereocenters. The van der Waals surface area contributed by atoms with Crippen molar-refractivity contribution in [1.82, 2.24) is 0 Å². The molecule has 0 fully saturated rings. The molecular formula is C23H18FNOS. The summed E-state index contributed by atoms with van der Waals surface area (Å²) in [6.07, 6.45) is 0.639. The molecule has 27 heavy (non-hydrogen) atoms. The van der Waals surface area contributed by atoms with Crippen LogP contribution in [-0.4, -0.2) is 5.78 Å². The molecule has 134 valence electrons. The third kappa shape index (κ3) is 3.96. The smallest absolute Gasteiger partial charge is 0.191 e. The van der Waals surface area contributed by atoms with Crippen molar-refractivity contribution in [3.63, 3.8) is 0 Å². The molecule has 3 aromatic carbocycles. The average molecular weight is 375 g/mol. The molecule has 4 heteroatoms. The molecule has 0 radical (unpaired) electrons. The lowest BCUT2D eigenvalue weighted by molar-refractivity contribution is 0.103. The van der Waals surface area contributed by atoms with Crippen LogP contribution in [0.2, 0.25) is 0 Å². The van der Waals surface area contributed by atoms with Gasteiger partial charge in [-0.05, 0) is 48.4 Å². The number of ketones is 1. The van der Waals surface area contributed by atoms with Crippen LogP contribution in [-0.2, 0) is 0 Å². The third-order valence-electron chi connectivity index (χ3n) is 4.51. The molecule has 3 aromatic rings. The summed E-state index contributed by atoms with van der Waals surface area (Å²) in [5.74, 6) is -0.398. The Morgan fingerprint density at radius 2 is 1.52 bits per heavy atom. The van der Waals surface area contributed by atoms with E-state index in [0.717, 1.165) is 16.3 Å². The maximum absolute atomic E-state index is 13.2. The van der Waals surface area contributed by atoms with Crippen LogP contribution in [0.25, 0.3) is 0 Å². The Balaban J connectivity index is 1.66. The zero-order valence-electron chi connectivity index (χ0n) is 14.6. The van der Waals surface area contributed by atoms with Gasteiger partial charge in [-0.1, -0.05) is 60.3 Å². The number of para-hydroxylation sites is 1. The first-order valence-corrected chi connectivity index (χ1v) is 9.66. The lowest BCUT2D eigenvalue weighted by atomic mass is 9.97. The zero-order valence-corrected chi connectivity index (χ0v) is 15.4. The molecule has 2 nitrogen and oxygen atoms in total. The van der Waals surface area contributed by atoms with E-state index in [1.165, 1.54) is 17.7 Å². The molecule has 1 aliphatic heterocycles. The van der Waals surface area contributed by atoms with Crippen LogP contribution in [0.4, 0.5) is 10.1 Å². The van der Waals surface area contributed by atoms with Crippen molar-refractivity contribution in [1.29, 1.82) is 0 Å². The standard InChI is InChI=1S/C23H18FNOS/c24-18-13-11-17(12-14-18)22(26)20-15-21(16-7-3-1-4-8-16)27-23(20)25-19-9-5-2-6-10-19/h1-14,21,25H,15H2. The molecule has 1 N–H and O–H groups in total. The average Bonchev–Trinajstić information content (AvgIpc) is 3.13. The number of thioether (sulfide) groups is 1. The number of rotatable bonds is 5. The minimum atomic E-state index is -0.342. The van der Waals surface area contributed by atoms with Gasteiger partial charge in [0.2, 0.25) is 0 Å². The molecule has 4 rings (SSSR count). The van der Waals surface area contributed by atoms with Crippen molar-refractivity contribution in [2.75, 3.05) is 5.32 Å². The van der Waals surface area contributed by atoms with Gasteiger partial charge in [0.05, 0.1) is 5.03 Å². The van der Waals surface area contributed by atoms with Gasteiger partial charge in [0, 0.05) is 22.1 Å². The number of hydrogen-bond acceptors (Lipinski definition) is 3. The lowest BCUT2D eigenvalue weighted by Gasteiger charge is -2.11. The molecule has 1 aliphatic rings. The number of benzene rings is 3. The number of nitrogens with one attached hydrogen (secondary N) is 1. The normalized spacial score (nSPS) is 16.4. The van der Waals surface area contributed by atoms with Gasteiger partial charge >= 0.3 is 0 Å². The van der Waals surface area contributed by atoms with Crippen LogP contribution in [0.5, 0.6) is 0 Å². The Labute approximate surface area is 162 Å². The van der Waals surface area contributed by atoms with E-state index in [0.29, 0.717) is 12.0 Å². The second-order valence-electron chi connectivity index (χ2n) is 6.36. The van der Waals surface area contributed by atoms with E-state index >= 15 is 0 Å². The molecule has 1 atom stereocenters. The molecule has 0 bridgehead atoms. The van der Waals surface area contributed by atoms with Gasteiger partial charge in [0.25, 0.3) is 0 Å². The van der Waals surface area contributed by atoms with E-state index in [1.54, 1.807) is 23.9 Å². The molecule has 0 aliphatic carbocycles. The quantitative estimate of drug-likeness (QED) is 0.538. The van der Waals surface area contributed by atoms with E-state index in [9.17, 15) is 9.18 Å². The fourth-order valence-electron chi connectivity index (χ4n) is 3.12. The minimum absolute atomic E-state index is 0.0561. The van der Waals surface area contributed by atoms with Gasteiger partial charge in [-0.25, -0.2) is 4.39 Å². The number of halogens is 1. The summed E-state index contributed by atoms with van der Waals surface area (Å²) in [5, 5.41) is 4.44. The van der Waals surface area contributed by atoms with Gasteiger partial charge in [-0.2, -0.15) is 0 Å². The van der Waals surface area contributed by atoms with Crippen LogP contribution in [0.1, 0.15) is 27.6 Å². The molecule has 1 heterocycles. The van der Waals surface area contributed by atoms with Crippen molar-refractivity contribution >= 4 is 23.2 Å². The van der Waals surface area contributed by atoms with Crippen LogP contribution in [0, 0.1) is 5.82 Å². The number of allylic oxidation sites excluding steroid dienone is 1. The fourth-order valence-corrected chi connectivity index (χ4v) is 4.44. The predicted molar refractivity (Wildman–Crippen MR) is 109 cm³/mol. The van der Waals surface area contributed by atoms with Gasteiger partial charge < -0.3 is 5.32 Å². The van der Waals surface area contributed by atoms with Crippen molar-refractivity contribution in [3.8, 4) is 0 Å². The summed E-state index contributed by atoms with van der Waals surface area (Å²) < 4.78 is 13.2. The highest BCUT2D eigenvalue weighted by Gasteiger charge is 2.31. The Morgan fingerprint density at radius 1 is 0.889 bits per heavy atom. The first kappa shape index (κ1) is 17.6. The second-order valence-corrected chi connectivity index (χ2v) is 7.57. The molecule has 0 spiro atoms. The van der Waals surface area contributed by atoms with Crippen LogP contribution >= 0.6 is 11.8 Å². The summed E-state index contributed by atoms with van der Waals surface area (Å²) in [5.41, 5.74) is 3.38. The highest BCUT2D eigenvalue weighted by molar-refractivity contribution is 8.03. The summed E-state index contributed by atoms with van der Waals surface area (Å²) in [6, 6.07) is 25.8. The highest BCUT2D eigenvalue weighted by Crippen LogP contribution is 2.48. The molecular weight excluding hydrogens is 357 g/mol. The molecule has 0 saturated carbocycles. The monoisotopic (exact) mass is 375 g/mol. The van der Waals surface area contributed by atoms with E-state index in [2.05, 4.69) is 17.4 Å². The highest BCUT2D eigenvalue weighted by atomic mass is 32.2. The molecule has 0 aromatic heterocycles. The number of Topliss-reactive ketones (excluding diaryl/α,β-unsaturated/α-hetero) is 1. The van der Waals surface area contributed by atoms with Gasteiger partial charge in [0.1, 0.15) is 5.82 Å². The van der Waals surface area contributed by atoms with E-state index in [4.69, 9.17) is 0 Å². The number of carbonyl (C=O) groups excluding carboxylic acids is 1. The summed E-state index contributed by atoms with van der Waals surface area (Å²) in [7, 11) is 0. The topological polar surface area (TPSA) is 29.1 Å². The Hall–Kier alpha value is -2.85. The van der Waals surface area contributed by atoms with Crippen LogP contribution < -0.4 is 5.32 Å². The van der Waals surface area contributed by atoms with Gasteiger partial charge in [-0.3, -0.25) is 4.79 Å². The first-order valence-electron chi connectivity index (χ1n) is 8.78. The largest absolute Gasteiger partial charge is 0.350 e. The van der Waals surface area contributed by atoms with Gasteiger partial charge in [-0.15, -0.1) is 0 Å². The van der Waals surface area contributed by atoms with Crippen LogP contribution in [0.15, 0.2) is 95.5 Å². The predicted octanol–water partition coefficient (Wildman–Crippen LogP) is 6.21. The van der Waals surface area contributed by atoms with Crippen molar-refractivity contribution in [2.24, 2.45) is 0 Å². The van der Waals surface area contributed by atoms with Crippen LogP contribution in [0.3, 0.4) is 0 Å². The maximum atomic E-state index is 13.2. The Kier molecular flexibility index (Phi) is 5.07. The Bertz CT molecular complexity index is 968.